The number of hydrogen-bond donors (Lipinski definition) is 4. The number of carbonyl (C=O) groups is 2. The van der Waals surface area contributed by atoms with E-state index in [1.54, 1.807) is 6.20 Å². The lowest BCUT2D eigenvalue weighted by Gasteiger charge is -2.16. The van der Waals surface area contributed by atoms with Gasteiger partial charge in [0.1, 0.15) is 17.4 Å². The lowest BCUT2D eigenvalue weighted by atomic mass is 10.0. The van der Waals surface area contributed by atoms with Crippen molar-refractivity contribution < 1.29 is 9.59 Å². The average Bonchev–Trinajstić information content (AvgIpc) is 3.52. The molecule has 4 aromatic rings. The molecule has 9 nitrogen and oxygen atoms in total. The molecule has 35 heavy (non-hydrogen) atoms. The smallest absolute Gasteiger partial charge is 0.340 e. The van der Waals surface area contributed by atoms with Crippen LogP contribution in [0.25, 0.3) is 22.0 Å². The molecule has 0 spiro atoms. The van der Waals surface area contributed by atoms with Crippen molar-refractivity contribution in [1.29, 1.82) is 0 Å². The molecule has 0 saturated heterocycles. The molecule has 0 unspecified atom stereocenters. The van der Waals surface area contributed by atoms with Crippen LogP contribution >= 0.6 is 0 Å². The highest BCUT2D eigenvalue weighted by Gasteiger charge is 2.19. The number of nitrogens with one attached hydrogen (secondary N) is 4. The second-order valence-electron chi connectivity index (χ2n) is 8.66. The fraction of sp³-hybridized carbons (Fsp3) is 0.346. The third-order valence-corrected chi connectivity index (χ3v) is 6.04. The van der Waals surface area contributed by atoms with Gasteiger partial charge in [0.25, 0.3) is 0 Å². The van der Waals surface area contributed by atoms with Crippen LogP contribution < -0.4 is 11.0 Å². The van der Waals surface area contributed by atoms with Gasteiger partial charge in [-0.15, -0.1) is 0 Å². The molecule has 0 saturated carbocycles. The van der Waals surface area contributed by atoms with E-state index in [0.29, 0.717) is 25.1 Å². The van der Waals surface area contributed by atoms with Crippen LogP contribution in [0.5, 0.6) is 0 Å². The van der Waals surface area contributed by atoms with Crippen LogP contribution in [-0.2, 0) is 16.0 Å². The fourth-order valence-electron chi connectivity index (χ4n) is 4.11. The van der Waals surface area contributed by atoms with Gasteiger partial charge >= 0.3 is 5.69 Å². The van der Waals surface area contributed by atoms with Crippen molar-refractivity contribution in [2.75, 3.05) is 0 Å². The predicted octanol–water partition coefficient (Wildman–Crippen LogP) is 3.97. The molecule has 2 aromatic heterocycles. The molecule has 0 aliphatic rings. The van der Waals surface area contributed by atoms with Crippen LogP contribution in [0.4, 0.5) is 0 Å². The zero-order valence-corrected chi connectivity index (χ0v) is 19.8. The van der Waals surface area contributed by atoms with Gasteiger partial charge in [-0.2, -0.15) is 5.10 Å². The molecular formula is C26H30N6O3. The Labute approximate surface area is 202 Å². The topological polar surface area (TPSA) is 136 Å². The molecule has 182 valence electrons. The van der Waals surface area contributed by atoms with E-state index < -0.39 is 5.69 Å². The standard InChI is InChI=1S/C26H30N6O3/c1-2-20(33)10-4-3-5-11-21(28-24(34)15-23-30-26(35)32-31-23)25-27-16-22(29-25)19-13-12-17-8-6-7-9-18(17)14-19/h6-9,12-14,16,21H,2-5,10-11,15H2,1H3,(H,27,29)(H,28,34)(H2,30,31,32,35)/t21-/m0/s1. The Morgan fingerprint density at radius 3 is 2.63 bits per heavy atom. The van der Waals surface area contributed by atoms with Crippen LogP contribution in [0.3, 0.4) is 0 Å². The average molecular weight is 475 g/mol. The summed E-state index contributed by atoms with van der Waals surface area (Å²) >= 11 is 0. The summed E-state index contributed by atoms with van der Waals surface area (Å²) in [6.45, 7) is 1.88. The first-order valence-corrected chi connectivity index (χ1v) is 12.0. The third-order valence-electron chi connectivity index (χ3n) is 6.04. The van der Waals surface area contributed by atoms with E-state index in [2.05, 4.69) is 54.7 Å². The second kappa shape index (κ2) is 11.4. The Hall–Kier alpha value is -4.01. The van der Waals surface area contributed by atoms with Crippen LogP contribution in [0.1, 0.15) is 63.1 Å². The number of Topliss-reactive ketones (excluding diaryl/α,β-unsaturated/α-hetero) is 1. The lowest BCUT2D eigenvalue weighted by Crippen LogP contribution is -2.31. The Bertz CT molecular complexity index is 1350. The van der Waals surface area contributed by atoms with Crippen LogP contribution in [0, 0.1) is 0 Å². The maximum absolute atomic E-state index is 12.7. The summed E-state index contributed by atoms with van der Waals surface area (Å²) in [5, 5.41) is 11.4. The number of aromatic nitrogens is 5. The zero-order chi connectivity index (χ0) is 24.6. The minimum absolute atomic E-state index is 0.0432. The summed E-state index contributed by atoms with van der Waals surface area (Å²) in [5.41, 5.74) is 1.44. The Balaban J connectivity index is 1.46. The normalized spacial score (nSPS) is 12.0. The van der Waals surface area contributed by atoms with Gasteiger partial charge in [-0.05, 0) is 29.7 Å². The van der Waals surface area contributed by atoms with Gasteiger partial charge in [-0.25, -0.2) is 14.9 Å². The summed E-state index contributed by atoms with van der Waals surface area (Å²) in [6.07, 6.45) is 6.14. The highest BCUT2D eigenvalue weighted by Crippen LogP contribution is 2.26. The Morgan fingerprint density at radius 2 is 1.86 bits per heavy atom. The van der Waals surface area contributed by atoms with Crippen molar-refractivity contribution in [2.24, 2.45) is 0 Å². The van der Waals surface area contributed by atoms with E-state index in [0.717, 1.165) is 35.9 Å². The number of unbranched alkanes of at least 4 members (excludes halogenated alkanes) is 2. The first-order valence-electron chi connectivity index (χ1n) is 12.0. The number of carbonyl (C=O) groups excluding carboxylic acids is 2. The van der Waals surface area contributed by atoms with Gasteiger partial charge in [0.2, 0.25) is 5.91 Å². The Kier molecular flexibility index (Phi) is 7.87. The SMILES string of the molecule is CCC(=O)CCCCC[C@H](NC(=O)Cc1n[nH]c(=O)[nH]1)c1ncc(-c2ccc3ccccc3c2)[nH]1. The molecule has 0 aliphatic heterocycles. The zero-order valence-electron chi connectivity index (χ0n) is 19.8. The van der Waals surface area contributed by atoms with Gasteiger partial charge in [0, 0.05) is 18.4 Å². The molecule has 4 N–H and O–H groups in total. The quantitative estimate of drug-likeness (QED) is 0.230. The molecule has 0 bridgehead atoms. The molecule has 9 heteroatoms. The monoisotopic (exact) mass is 474 g/mol. The largest absolute Gasteiger partial charge is 0.346 e. The van der Waals surface area contributed by atoms with Gasteiger partial charge in [-0.1, -0.05) is 56.2 Å². The van der Waals surface area contributed by atoms with Crippen molar-refractivity contribution >= 4 is 22.5 Å². The van der Waals surface area contributed by atoms with E-state index in [1.807, 2.05) is 25.1 Å². The summed E-state index contributed by atoms with van der Waals surface area (Å²) in [5.74, 6) is 0.957. The third kappa shape index (κ3) is 6.53. The van der Waals surface area contributed by atoms with Crippen LogP contribution in [0.15, 0.2) is 53.5 Å². The molecular weight excluding hydrogens is 444 g/mol. The number of aromatic amines is 3. The van der Waals surface area contributed by atoms with Crippen LogP contribution in [-0.4, -0.2) is 36.8 Å². The minimum Gasteiger partial charge on any atom is -0.346 e. The number of hydrogen-bond acceptors (Lipinski definition) is 5. The fourth-order valence-corrected chi connectivity index (χ4v) is 4.11. The van der Waals surface area contributed by atoms with Crippen molar-refractivity contribution in [3.05, 3.63) is 70.8 Å². The van der Waals surface area contributed by atoms with Gasteiger partial charge in [0.15, 0.2) is 0 Å². The molecule has 2 heterocycles. The summed E-state index contributed by atoms with van der Waals surface area (Å²) in [4.78, 5) is 45.9. The number of nitrogens with zero attached hydrogens (tertiary/aromatic N) is 2. The summed E-state index contributed by atoms with van der Waals surface area (Å²) in [6, 6.07) is 14.1. The molecule has 1 atom stereocenters. The van der Waals surface area contributed by atoms with Crippen LogP contribution in [0.2, 0.25) is 0 Å². The number of imidazole rings is 1. The van der Waals surface area contributed by atoms with Gasteiger partial charge < -0.3 is 10.3 Å². The van der Waals surface area contributed by atoms with E-state index in [-0.39, 0.29) is 30.0 Å². The van der Waals surface area contributed by atoms with E-state index in [1.165, 1.54) is 5.39 Å². The summed E-state index contributed by atoms with van der Waals surface area (Å²) in [7, 11) is 0. The highest BCUT2D eigenvalue weighted by molar-refractivity contribution is 5.86. The predicted molar refractivity (Wildman–Crippen MR) is 134 cm³/mol. The number of H-pyrrole nitrogens is 3. The van der Waals surface area contributed by atoms with Gasteiger partial charge in [0.05, 0.1) is 24.4 Å². The maximum Gasteiger partial charge on any atom is 0.340 e. The van der Waals surface area contributed by atoms with Crippen molar-refractivity contribution in [1.82, 2.24) is 30.5 Å². The van der Waals surface area contributed by atoms with E-state index in [9.17, 15) is 14.4 Å². The highest BCUT2D eigenvalue weighted by atomic mass is 16.2. The van der Waals surface area contributed by atoms with Gasteiger partial charge in [-0.3, -0.25) is 14.6 Å². The molecule has 0 radical (unpaired) electrons. The van der Waals surface area contributed by atoms with Crippen molar-refractivity contribution in [3.8, 4) is 11.3 Å². The molecule has 0 fully saturated rings. The number of ketones is 1. The maximum atomic E-state index is 12.7. The lowest BCUT2D eigenvalue weighted by molar-refractivity contribution is -0.121. The first-order chi connectivity index (χ1) is 17.0. The number of rotatable bonds is 12. The summed E-state index contributed by atoms with van der Waals surface area (Å²) < 4.78 is 0. The molecule has 0 aliphatic carbocycles. The number of fused-ring (bicyclic) bond motifs is 1. The molecule has 2 aromatic carbocycles. The first kappa shape index (κ1) is 24.1. The molecule has 4 rings (SSSR count). The van der Waals surface area contributed by atoms with E-state index >= 15 is 0 Å². The van der Waals surface area contributed by atoms with E-state index in [4.69, 9.17) is 0 Å². The van der Waals surface area contributed by atoms with Crippen molar-refractivity contribution in [2.45, 2.75) is 57.9 Å². The minimum atomic E-state index is -0.447. The second-order valence-corrected chi connectivity index (χ2v) is 8.66. The van der Waals surface area contributed by atoms with Crippen molar-refractivity contribution in [3.63, 3.8) is 0 Å². The Morgan fingerprint density at radius 1 is 1.03 bits per heavy atom. The molecule has 1 amide bonds. The number of benzene rings is 2. The number of amides is 1.